The first-order valence-corrected chi connectivity index (χ1v) is 8.10. The normalized spacial score (nSPS) is 10.4. The zero-order chi connectivity index (χ0) is 18.4. The molecule has 0 aliphatic rings. The van der Waals surface area contributed by atoms with Gasteiger partial charge < -0.3 is 14.8 Å². The molecule has 134 valence electrons. The number of hydrogen-bond donors (Lipinski definition) is 1. The second kappa shape index (κ2) is 8.15. The highest BCUT2D eigenvalue weighted by molar-refractivity contribution is 5.94. The summed E-state index contributed by atoms with van der Waals surface area (Å²) in [4.78, 5) is 16.3. The van der Waals surface area contributed by atoms with Gasteiger partial charge >= 0.3 is 0 Å². The van der Waals surface area contributed by atoms with Crippen LogP contribution < -0.4 is 14.8 Å². The van der Waals surface area contributed by atoms with Crippen molar-refractivity contribution in [1.29, 1.82) is 0 Å². The average Bonchev–Trinajstić information content (AvgIpc) is 3.19. The molecule has 0 radical (unpaired) electrons. The van der Waals surface area contributed by atoms with Crippen LogP contribution in [0.15, 0.2) is 55.1 Å². The zero-order valence-electron chi connectivity index (χ0n) is 14.7. The summed E-state index contributed by atoms with van der Waals surface area (Å²) in [6, 6.07) is 13.1. The van der Waals surface area contributed by atoms with Gasteiger partial charge in [0.15, 0.2) is 11.5 Å². The quantitative estimate of drug-likeness (QED) is 0.706. The van der Waals surface area contributed by atoms with Crippen molar-refractivity contribution >= 4 is 5.91 Å². The molecule has 0 unspecified atom stereocenters. The minimum Gasteiger partial charge on any atom is -0.493 e. The van der Waals surface area contributed by atoms with E-state index in [1.165, 1.54) is 6.33 Å². The predicted molar refractivity (Wildman–Crippen MR) is 96.3 cm³/mol. The maximum absolute atomic E-state index is 12.3. The molecule has 0 atom stereocenters. The molecule has 1 N–H and O–H groups in total. The Balaban J connectivity index is 1.59. The number of carbonyl (C=O) groups excluding carboxylic acids is 1. The maximum Gasteiger partial charge on any atom is 0.251 e. The number of methoxy groups -OCH3 is 2. The number of nitrogens with one attached hydrogen (secondary N) is 1. The lowest BCUT2D eigenvalue weighted by Crippen LogP contribution is -2.22. The third-order valence-corrected chi connectivity index (χ3v) is 3.93. The minimum atomic E-state index is -0.169. The number of rotatable bonds is 7. The number of benzene rings is 2. The fourth-order valence-electron chi connectivity index (χ4n) is 2.53. The molecule has 0 aliphatic heterocycles. The summed E-state index contributed by atoms with van der Waals surface area (Å²) in [5.74, 6) is 0.947. The van der Waals surface area contributed by atoms with Crippen LogP contribution in [0.25, 0.3) is 0 Å². The van der Waals surface area contributed by atoms with Crippen LogP contribution in [0.3, 0.4) is 0 Å². The summed E-state index contributed by atoms with van der Waals surface area (Å²) < 4.78 is 12.2. The highest BCUT2D eigenvalue weighted by atomic mass is 16.5. The molecule has 0 saturated carbocycles. The fourth-order valence-corrected chi connectivity index (χ4v) is 2.53. The van der Waals surface area contributed by atoms with Gasteiger partial charge in [0.2, 0.25) is 0 Å². The Labute approximate surface area is 151 Å². The monoisotopic (exact) mass is 352 g/mol. The van der Waals surface area contributed by atoms with Crippen molar-refractivity contribution in [3.05, 3.63) is 71.8 Å². The van der Waals surface area contributed by atoms with Gasteiger partial charge in [-0.25, -0.2) is 9.67 Å². The summed E-state index contributed by atoms with van der Waals surface area (Å²) in [5, 5.41) is 6.99. The maximum atomic E-state index is 12.3. The van der Waals surface area contributed by atoms with Crippen molar-refractivity contribution in [2.75, 3.05) is 14.2 Å². The van der Waals surface area contributed by atoms with Gasteiger partial charge in [-0.3, -0.25) is 4.79 Å². The molecule has 3 aromatic rings. The number of nitrogens with zero attached hydrogens (tertiary/aromatic N) is 3. The molecular formula is C19H20N4O3. The number of aromatic nitrogens is 3. The molecule has 3 rings (SSSR count). The van der Waals surface area contributed by atoms with E-state index in [9.17, 15) is 4.79 Å². The van der Waals surface area contributed by atoms with Crippen LogP contribution in [0.2, 0.25) is 0 Å². The van der Waals surface area contributed by atoms with Gasteiger partial charge in [0.1, 0.15) is 12.7 Å². The molecule has 26 heavy (non-hydrogen) atoms. The first-order chi connectivity index (χ1) is 12.7. The number of hydrogen-bond acceptors (Lipinski definition) is 5. The average molecular weight is 352 g/mol. The lowest BCUT2D eigenvalue weighted by atomic mass is 10.1. The topological polar surface area (TPSA) is 78.3 Å². The molecule has 7 nitrogen and oxygen atoms in total. The second-order valence-electron chi connectivity index (χ2n) is 5.66. The standard InChI is InChI=1S/C19H20N4O3/c1-25-17-8-7-16(9-18(17)26-2)19(24)21-10-14-3-5-15(6-4-14)11-23-13-20-12-22-23/h3-9,12-13H,10-11H2,1-2H3,(H,21,24). The van der Waals surface area contributed by atoms with Gasteiger partial charge in [0.05, 0.1) is 20.8 Å². The summed E-state index contributed by atoms with van der Waals surface area (Å²) in [6.45, 7) is 1.11. The molecular weight excluding hydrogens is 332 g/mol. The number of carbonyl (C=O) groups is 1. The Morgan fingerprint density at radius 1 is 1.04 bits per heavy atom. The molecule has 2 aromatic carbocycles. The van der Waals surface area contributed by atoms with E-state index in [2.05, 4.69) is 15.4 Å². The van der Waals surface area contributed by atoms with Crippen LogP contribution in [-0.2, 0) is 13.1 Å². The van der Waals surface area contributed by atoms with Gasteiger partial charge in [-0.05, 0) is 29.3 Å². The van der Waals surface area contributed by atoms with Crippen molar-refractivity contribution in [2.24, 2.45) is 0 Å². The van der Waals surface area contributed by atoms with E-state index >= 15 is 0 Å². The third-order valence-electron chi connectivity index (χ3n) is 3.93. The first kappa shape index (κ1) is 17.5. The Morgan fingerprint density at radius 3 is 2.42 bits per heavy atom. The molecule has 7 heteroatoms. The van der Waals surface area contributed by atoms with Crippen LogP contribution in [-0.4, -0.2) is 34.9 Å². The van der Waals surface area contributed by atoms with E-state index in [1.54, 1.807) is 43.4 Å². The second-order valence-corrected chi connectivity index (χ2v) is 5.66. The first-order valence-electron chi connectivity index (χ1n) is 8.10. The highest BCUT2D eigenvalue weighted by Crippen LogP contribution is 2.27. The Morgan fingerprint density at radius 2 is 1.77 bits per heavy atom. The lowest BCUT2D eigenvalue weighted by molar-refractivity contribution is 0.0950. The van der Waals surface area contributed by atoms with Gasteiger partial charge in [0, 0.05) is 12.1 Å². The summed E-state index contributed by atoms with van der Waals surface area (Å²) in [6.07, 6.45) is 3.19. The van der Waals surface area contributed by atoms with Crippen LogP contribution in [0, 0.1) is 0 Å². The number of amides is 1. The van der Waals surface area contributed by atoms with E-state index in [0.29, 0.717) is 30.2 Å². The van der Waals surface area contributed by atoms with Crippen LogP contribution in [0.1, 0.15) is 21.5 Å². The smallest absolute Gasteiger partial charge is 0.251 e. The third kappa shape index (κ3) is 4.18. The highest BCUT2D eigenvalue weighted by Gasteiger charge is 2.10. The molecule has 1 aromatic heterocycles. The fraction of sp³-hybridized carbons (Fsp3) is 0.211. The van der Waals surface area contributed by atoms with Crippen molar-refractivity contribution in [3.8, 4) is 11.5 Å². The Kier molecular flexibility index (Phi) is 5.48. The molecule has 1 amide bonds. The summed E-state index contributed by atoms with van der Waals surface area (Å²) in [5.41, 5.74) is 2.65. The van der Waals surface area contributed by atoms with Crippen molar-refractivity contribution < 1.29 is 14.3 Å². The summed E-state index contributed by atoms with van der Waals surface area (Å²) in [7, 11) is 3.10. The molecule has 1 heterocycles. The molecule has 0 saturated heterocycles. The zero-order valence-corrected chi connectivity index (χ0v) is 14.7. The van der Waals surface area contributed by atoms with E-state index in [0.717, 1.165) is 11.1 Å². The van der Waals surface area contributed by atoms with Crippen molar-refractivity contribution in [2.45, 2.75) is 13.1 Å². The summed E-state index contributed by atoms with van der Waals surface area (Å²) >= 11 is 0. The Hall–Kier alpha value is -3.35. The molecule has 0 fully saturated rings. The van der Waals surface area contributed by atoms with Gasteiger partial charge in [-0.1, -0.05) is 24.3 Å². The van der Waals surface area contributed by atoms with Crippen molar-refractivity contribution in [3.63, 3.8) is 0 Å². The van der Waals surface area contributed by atoms with E-state index in [-0.39, 0.29) is 5.91 Å². The van der Waals surface area contributed by atoms with E-state index in [4.69, 9.17) is 9.47 Å². The van der Waals surface area contributed by atoms with E-state index < -0.39 is 0 Å². The lowest BCUT2D eigenvalue weighted by Gasteiger charge is -2.10. The van der Waals surface area contributed by atoms with Crippen LogP contribution >= 0.6 is 0 Å². The SMILES string of the molecule is COc1ccc(C(=O)NCc2ccc(Cn3cncn3)cc2)cc1OC. The molecule has 0 spiro atoms. The van der Waals surface area contributed by atoms with E-state index in [1.807, 2.05) is 24.3 Å². The van der Waals surface area contributed by atoms with Gasteiger partial charge in [0.25, 0.3) is 5.91 Å². The van der Waals surface area contributed by atoms with Crippen molar-refractivity contribution in [1.82, 2.24) is 20.1 Å². The molecule has 0 aliphatic carbocycles. The Bertz CT molecular complexity index is 861. The van der Waals surface area contributed by atoms with Gasteiger partial charge in [-0.2, -0.15) is 5.10 Å². The molecule has 0 bridgehead atoms. The van der Waals surface area contributed by atoms with Crippen LogP contribution in [0.5, 0.6) is 11.5 Å². The van der Waals surface area contributed by atoms with Crippen LogP contribution in [0.4, 0.5) is 0 Å². The van der Waals surface area contributed by atoms with Gasteiger partial charge in [-0.15, -0.1) is 0 Å². The number of ether oxygens (including phenoxy) is 2. The minimum absolute atomic E-state index is 0.169. The predicted octanol–water partition coefficient (Wildman–Crippen LogP) is 2.27. The largest absolute Gasteiger partial charge is 0.493 e.